The van der Waals surface area contributed by atoms with Gasteiger partial charge in [-0.05, 0) is 44.9 Å². The average molecular weight is 275 g/mol. The fraction of sp³-hybridized carbons (Fsp3) is 0.588. The molecule has 0 saturated carbocycles. The van der Waals surface area contributed by atoms with Crippen LogP contribution in [0.3, 0.4) is 0 Å². The van der Waals surface area contributed by atoms with Crippen LogP contribution < -0.4 is 10.2 Å². The van der Waals surface area contributed by atoms with E-state index in [2.05, 4.69) is 50.6 Å². The first-order chi connectivity index (χ1) is 9.63. The Hall–Kier alpha value is -1.35. The van der Waals surface area contributed by atoms with E-state index in [1.807, 2.05) is 6.08 Å². The third-order valence-corrected chi connectivity index (χ3v) is 3.32. The number of rotatable bonds is 9. The molecule has 0 aromatic carbocycles. The second kappa shape index (κ2) is 8.75. The Kier molecular flexibility index (Phi) is 7.31. The van der Waals surface area contributed by atoms with Crippen molar-refractivity contribution < 1.29 is 0 Å². The van der Waals surface area contributed by atoms with Gasteiger partial charge in [0, 0.05) is 30.9 Å². The monoisotopic (exact) mass is 275 g/mol. The molecular formula is C17H29N3. The minimum Gasteiger partial charge on any atom is -0.353 e. The quantitative estimate of drug-likeness (QED) is 0.551. The molecule has 0 aliphatic rings. The molecule has 3 heteroatoms. The highest BCUT2D eigenvalue weighted by atomic mass is 15.2. The zero-order valence-electron chi connectivity index (χ0n) is 13.5. The number of hydrogen-bond donors (Lipinski definition) is 1. The number of pyridine rings is 1. The standard InChI is InChI=1S/C17H29N3/c1-6-9-18-13-16-14(4)12-15(5)19-17(16)20(10-7-2)11-8-3/h7,12,18H,2,6,8-11,13H2,1,3-5H3. The molecule has 1 heterocycles. The van der Waals surface area contributed by atoms with E-state index in [0.717, 1.165) is 50.5 Å². The Morgan fingerprint density at radius 1 is 1.30 bits per heavy atom. The van der Waals surface area contributed by atoms with Crippen molar-refractivity contribution in [2.75, 3.05) is 24.5 Å². The van der Waals surface area contributed by atoms with Crippen molar-refractivity contribution in [3.05, 3.63) is 35.5 Å². The molecule has 0 fully saturated rings. The van der Waals surface area contributed by atoms with Crippen LogP contribution in [0.1, 0.15) is 43.5 Å². The van der Waals surface area contributed by atoms with Gasteiger partial charge in [0.1, 0.15) is 5.82 Å². The summed E-state index contributed by atoms with van der Waals surface area (Å²) in [4.78, 5) is 7.12. The van der Waals surface area contributed by atoms with E-state index in [1.54, 1.807) is 0 Å². The van der Waals surface area contributed by atoms with Crippen LogP contribution in [0.15, 0.2) is 18.7 Å². The van der Waals surface area contributed by atoms with Crippen molar-refractivity contribution in [1.29, 1.82) is 0 Å². The van der Waals surface area contributed by atoms with Crippen molar-refractivity contribution >= 4 is 5.82 Å². The maximum Gasteiger partial charge on any atom is 0.133 e. The topological polar surface area (TPSA) is 28.2 Å². The van der Waals surface area contributed by atoms with Gasteiger partial charge in [0.25, 0.3) is 0 Å². The van der Waals surface area contributed by atoms with Crippen molar-refractivity contribution in [2.24, 2.45) is 0 Å². The Morgan fingerprint density at radius 3 is 2.65 bits per heavy atom. The van der Waals surface area contributed by atoms with E-state index in [-0.39, 0.29) is 0 Å². The molecule has 0 radical (unpaired) electrons. The van der Waals surface area contributed by atoms with Crippen molar-refractivity contribution in [3.8, 4) is 0 Å². The maximum atomic E-state index is 4.79. The summed E-state index contributed by atoms with van der Waals surface area (Å²) in [5.74, 6) is 1.12. The molecule has 1 N–H and O–H groups in total. The molecule has 1 aromatic rings. The maximum absolute atomic E-state index is 4.79. The predicted molar refractivity (Wildman–Crippen MR) is 88.4 cm³/mol. The van der Waals surface area contributed by atoms with Gasteiger partial charge in [-0.25, -0.2) is 4.98 Å². The van der Waals surface area contributed by atoms with Gasteiger partial charge in [0.05, 0.1) is 0 Å². The van der Waals surface area contributed by atoms with Crippen molar-refractivity contribution in [3.63, 3.8) is 0 Å². The molecular weight excluding hydrogens is 246 g/mol. The molecule has 3 nitrogen and oxygen atoms in total. The molecule has 1 rings (SSSR count). The van der Waals surface area contributed by atoms with Gasteiger partial charge in [-0.2, -0.15) is 0 Å². The molecule has 0 saturated heterocycles. The Morgan fingerprint density at radius 2 is 2.05 bits per heavy atom. The highest BCUT2D eigenvalue weighted by Crippen LogP contribution is 2.23. The molecule has 0 amide bonds. The molecule has 0 aliphatic heterocycles. The van der Waals surface area contributed by atoms with Crippen LogP contribution in [0.25, 0.3) is 0 Å². The molecule has 112 valence electrons. The van der Waals surface area contributed by atoms with Gasteiger partial charge in [-0.15, -0.1) is 6.58 Å². The van der Waals surface area contributed by atoms with Crippen LogP contribution in [-0.2, 0) is 6.54 Å². The summed E-state index contributed by atoms with van der Waals surface area (Å²) in [6.07, 6.45) is 4.22. The zero-order chi connectivity index (χ0) is 15.0. The van der Waals surface area contributed by atoms with E-state index < -0.39 is 0 Å². The molecule has 0 spiro atoms. The normalized spacial score (nSPS) is 10.6. The van der Waals surface area contributed by atoms with Gasteiger partial charge in [0.15, 0.2) is 0 Å². The average Bonchev–Trinajstić information content (AvgIpc) is 2.40. The smallest absolute Gasteiger partial charge is 0.133 e. The highest BCUT2D eigenvalue weighted by Gasteiger charge is 2.14. The Balaban J connectivity index is 3.08. The first-order valence-electron chi connectivity index (χ1n) is 7.67. The molecule has 0 unspecified atom stereocenters. The van der Waals surface area contributed by atoms with E-state index in [0.29, 0.717) is 0 Å². The van der Waals surface area contributed by atoms with Gasteiger partial charge in [-0.1, -0.05) is 19.9 Å². The van der Waals surface area contributed by atoms with Crippen LogP contribution in [0.2, 0.25) is 0 Å². The second-order valence-electron chi connectivity index (χ2n) is 5.29. The first-order valence-corrected chi connectivity index (χ1v) is 7.67. The Labute approximate surface area is 124 Å². The molecule has 0 aliphatic carbocycles. The summed E-state index contributed by atoms with van der Waals surface area (Å²) in [6, 6.07) is 2.17. The second-order valence-corrected chi connectivity index (χ2v) is 5.29. The lowest BCUT2D eigenvalue weighted by atomic mass is 10.1. The number of aromatic nitrogens is 1. The third kappa shape index (κ3) is 4.64. The minimum atomic E-state index is 0.852. The van der Waals surface area contributed by atoms with Gasteiger partial charge in [0.2, 0.25) is 0 Å². The Bertz CT molecular complexity index is 426. The van der Waals surface area contributed by atoms with Crippen molar-refractivity contribution in [2.45, 2.75) is 47.1 Å². The molecule has 1 aromatic heterocycles. The largest absolute Gasteiger partial charge is 0.353 e. The fourth-order valence-electron chi connectivity index (χ4n) is 2.42. The van der Waals surface area contributed by atoms with Crippen LogP contribution in [0, 0.1) is 13.8 Å². The van der Waals surface area contributed by atoms with Crippen LogP contribution >= 0.6 is 0 Å². The summed E-state index contributed by atoms with van der Waals surface area (Å²) in [6.45, 7) is 16.3. The lowest BCUT2D eigenvalue weighted by molar-refractivity contribution is 0.666. The fourth-order valence-corrected chi connectivity index (χ4v) is 2.42. The van der Waals surface area contributed by atoms with Gasteiger partial charge >= 0.3 is 0 Å². The molecule has 20 heavy (non-hydrogen) atoms. The van der Waals surface area contributed by atoms with Crippen LogP contribution in [-0.4, -0.2) is 24.6 Å². The minimum absolute atomic E-state index is 0.852. The lowest BCUT2D eigenvalue weighted by Gasteiger charge is -2.26. The predicted octanol–water partition coefficient (Wildman–Crippen LogP) is 3.60. The van der Waals surface area contributed by atoms with Gasteiger partial charge in [-0.3, -0.25) is 0 Å². The number of anilines is 1. The molecule has 0 bridgehead atoms. The van der Waals surface area contributed by atoms with Crippen LogP contribution in [0.5, 0.6) is 0 Å². The SMILES string of the molecule is C=CCN(CCC)c1nc(C)cc(C)c1CNCCC. The van der Waals surface area contributed by atoms with E-state index in [1.165, 1.54) is 11.1 Å². The number of aryl methyl sites for hydroxylation is 2. The molecule has 0 atom stereocenters. The summed E-state index contributed by atoms with van der Waals surface area (Å²) in [7, 11) is 0. The zero-order valence-corrected chi connectivity index (χ0v) is 13.5. The summed E-state index contributed by atoms with van der Waals surface area (Å²) >= 11 is 0. The highest BCUT2D eigenvalue weighted by molar-refractivity contribution is 5.52. The summed E-state index contributed by atoms with van der Waals surface area (Å²) < 4.78 is 0. The summed E-state index contributed by atoms with van der Waals surface area (Å²) in [5, 5.41) is 3.50. The van der Waals surface area contributed by atoms with Crippen LogP contribution in [0.4, 0.5) is 5.82 Å². The van der Waals surface area contributed by atoms with E-state index in [4.69, 9.17) is 4.98 Å². The number of hydrogen-bond acceptors (Lipinski definition) is 3. The lowest BCUT2D eigenvalue weighted by Crippen LogP contribution is -2.28. The van der Waals surface area contributed by atoms with E-state index in [9.17, 15) is 0 Å². The number of nitrogens with one attached hydrogen (secondary N) is 1. The van der Waals surface area contributed by atoms with Crippen molar-refractivity contribution in [1.82, 2.24) is 10.3 Å². The number of nitrogens with zero attached hydrogens (tertiary/aromatic N) is 2. The summed E-state index contributed by atoms with van der Waals surface area (Å²) in [5.41, 5.74) is 3.72. The third-order valence-electron chi connectivity index (χ3n) is 3.32. The van der Waals surface area contributed by atoms with Gasteiger partial charge < -0.3 is 10.2 Å². The first kappa shape index (κ1) is 16.7. The van der Waals surface area contributed by atoms with E-state index >= 15 is 0 Å².